The monoisotopic (exact) mass is 414 g/mol. The fraction of sp³-hybridized carbons (Fsp3) is 0.435. The van der Waals surface area contributed by atoms with Crippen molar-refractivity contribution in [2.45, 2.75) is 57.0 Å². The molecule has 1 amide bonds. The Morgan fingerprint density at radius 1 is 1.07 bits per heavy atom. The van der Waals surface area contributed by atoms with Crippen LogP contribution in [0.2, 0.25) is 0 Å². The Morgan fingerprint density at radius 2 is 1.72 bits per heavy atom. The highest BCUT2D eigenvalue weighted by Gasteiger charge is 2.27. The Balaban J connectivity index is 1.77. The van der Waals surface area contributed by atoms with Crippen LogP contribution in [0, 0.1) is 12.8 Å². The maximum atomic E-state index is 13.1. The molecule has 29 heavy (non-hydrogen) atoms. The molecule has 1 N–H and O–H groups in total. The van der Waals surface area contributed by atoms with E-state index in [4.69, 9.17) is 0 Å². The number of hydrogen-bond donors (Lipinski definition) is 1. The van der Waals surface area contributed by atoms with Crippen molar-refractivity contribution in [1.82, 2.24) is 9.62 Å². The van der Waals surface area contributed by atoms with E-state index in [-0.39, 0.29) is 23.4 Å². The van der Waals surface area contributed by atoms with E-state index in [1.54, 1.807) is 17.0 Å². The van der Waals surface area contributed by atoms with Gasteiger partial charge in [-0.3, -0.25) is 4.79 Å². The molecule has 1 saturated carbocycles. The Kier molecular flexibility index (Phi) is 6.75. The van der Waals surface area contributed by atoms with Crippen molar-refractivity contribution in [3.8, 4) is 0 Å². The number of carbonyl (C=O) groups excluding carboxylic acids is 1. The van der Waals surface area contributed by atoms with Gasteiger partial charge >= 0.3 is 0 Å². The van der Waals surface area contributed by atoms with E-state index >= 15 is 0 Å². The van der Waals surface area contributed by atoms with E-state index in [1.165, 1.54) is 6.07 Å². The summed E-state index contributed by atoms with van der Waals surface area (Å²) in [6.07, 6.45) is 4.25. The minimum atomic E-state index is -3.71. The van der Waals surface area contributed by atoms with Crippen molar-refractivity contribution < 1.29 is 13.2 Å². The van der Waals surface area contributed by atoms with Crippen LogP contribution in [0.3, 0.4) is 0 Å². The van der Waals surface area contributed by atoms with Crippen LogP contribution in [0.25, 0.3) is 0 Å². The van der Waals surface area contributed by atoms with Gasteiger partial charge in [0.25, 0.3) is 5.91 Å². The quantitative estimate of drug-likeness (QED) is 0.773. The molecule has 2 aromatic carbocycles. The van der Waals surface area contributed by atoms with Gasteiger partial charge in [0.2, 0.25) is 10.0 Å². The Morgan fingerprint density at radius 3 is 2.38 bits per heavy atom. The first-order valence-corrected chi connectivity index (χ1v) is 11.7. The fourth-order valence-corrected chi connectivity index (χ4v) is 4.89. The third-order valence-corrected chi connectivity index (χ3v) is 7.31. The largest absolute Gasteiger partial charge is 0.339 e. The first-order valence-electron chi connectivity index (χ1n) is 10.2. The molecule has 1 aliphatic rings. The number of nitrogens with one attached hydrogen (secondary N) is 1. The average molecular weight is 415 g/mol. The molecule has 5 nitrogen and oxygen atoms in total. The van der Waals surface area contributed by atoms with Gasteiger partial charge in [-0.25, -0.2) is 13.1 Å². The molecule has 0 aliphatic heterocycles. The zero-order valence-electron chi connectivity index (χ0n) is 17.4. The van der Waals surface area contributed by atoms with E-state index in [1.807, 2.05) is 44.3 Å². The van der Waals surface area contributed by atoms with Crippen molar-refractivity contribution in [2.75, 3.05) is 7.05 Å². The van der Waals surface area contributed by atoms with E-state index in [2.05, 4.69) is 11.6 Å². The number of amides is 1. The molecule has 0 bridgehead atoms. The van der Waals surface area contributed by atoms with E-state index in [9.17, 15) is 13.2 Å². The second-order valence-electron chi connectivity index (χ2n) is 8.12. The summed E-state index contributed by atoms with van der Waals surface area (Å²) >= 11 is 0. The lowest BCUT2D eigenvalue weighted by Gasteiger charge is -2.34. The fourth-order valence-electron chi connectivity index (χ4n) is 3.84. The molecule has 0 radical (unpaired) electrons. The predicted molar refractivity (Wildman–Crippen MR) is 115 cm³/mol. The summed E-state index contributed by atoms with van der Waals surface area (Å²) in [4.78, 5) is 15.0. The summed E-state index contributed by atoms with van der Waals surface area (Å²) in [7, 11) is -1.88. The number of nitrogens with zero attached hydrogens (tertiary/aromatic N) is 1. The number of aryl methyl sites for hydroxylation is 1. The average Bonchev–Trinajstić information content (AvgIpc) is 2.73. The zero-order valence-corrected chi connectivity index (χ0v) is 18.2. The van der Waals surface area contributed by atoms with Gasteiger partial charge in [0.05, 0.1) is 4.90 Å². The van der Waals surface area contributed by atoms with Gasteiger partial charge in [-0.15, -0.1) is 0 Å². The summed E-state index contributed by atoms with van der Waals surface area (Å²) in [5, 5.41) is 0. The van der Waals surface area contributed by atoms with Crippen molar-refractivity contribution in [3.05, 3.63) is 65.2 Å². The van der Waals surface area contributed by atoms with Gasteiger partial charge < -0.3 is 4.90 Å². The summed E-state index contributed by atoms with van der Waals surface area (Å²) in [5.41, 5.74) is 2.12. The van der Waals surface area contributed by atoms with Crippen molar-refractivity contribution in [3.63, 3.8) is 0 Å². The van der Waals surface area contributed by atoms with Gasteiger partial charge in [0.1, 0.15) is 0 Å². The molecule has 0 unspecified atom stereocenters. The third kappa shape index (κ3) is 5.25. The molecule has 1 fully saturated rings. The Labute approximate surface area is 174 Å². The number of sulfonamides is 1. The van der Waals surface area contributed by atoms with Crippen LogP contribution in [-0.4, -0.2) is 32.3 Å². The zero-order chi connectivity index (χ0) is 21.0. The molecule has 0 saturated heterocycles. The predicted octanol–water partition coefficient (Wildman–Crippen LogP) is 4.12. The van der Waals surface area contributed by atoms with E-state index < -0.39 is 10.0 Å². The van der Waals surface area contributed by atoms with Gasteiger partial charge in [-0.1, -0.05) is 43.3 Å². The molecule has 0 atom stereocenters. The standard InChI is InChI=1S/C23H30N2O3S/c1-17-9-12-20(13-10-17)25(3)23(26)22-15-21(14-11-18(22)2)29(27,28)24-16-19-7-5-4-6-8-19/h4-8,11,14-15,17,20,24H,9-10,12-13,16H2,1-3H3. The normalized spacial score (nSPS) is 19.7. The molecule has 1 aliphatic carbocycles. The first kappa shape index (κ1) is 21.5. The first-order chi connectivity index (χ1) is 13.8. The van der Waals surface area contributed by atoms with Crippen molar-refractivity contribution >= 4 is 15.9 Å². The third-order valence-electron chi connectivity index (χ3n) is 5.91. The second kappa shape index (κ2) is 9.09. The molecular weight excluding hydrogens is 384 g/mol. The summed E-state index contributed by atoms with van der Waals surface area (Å²) in [6, 6.07) is 14.4. The topological polar surface area (TPSA) is 66.5 Å². The highest BCUT2D eigenvalue weighted by atomic mass is 32.2. The van der Waals surface area contributed by atoms with Crippen LogP contribution >= 0.6 is 0 Å². The second-order valence-corrected chi connectivity index (χ2v) is 9.88. The van der Waals surface area contributed by atoms with Crippen molar-refractivity contribution in [2.24, 2.45) is 5.92 Å². The van der Waals surface area contributed by atoms with Gasteiger partial charge in [0, 0.05) is 25.2 Å². The smallest absolute Gasteiger partial charge is 0.254 e. The SMILES string of the molecule is Cc1ccc(S(=O)(=O)NCc2ccccc2)cc1C(=O)N(C)C1CCC(C)CC1. The van der Waals surface area contributed by atoms with Crippen LogP contribution in [0.5, 0.6) is 0 Å². The lowest BCUT2D eigenvalue weighted by atomic mass is 9.86. The lowest BCUT2D eigenvalue weighted by Crippen LogP contribution is -2.39. The molecule has 0 spiro atoms. The van der Waals surface area contributed by atoms with Crippen molar-refractivity contribution in [1.29, 1.82) is 0 Å². The summed E-state index contributed by atoms with van der Waals surface area (Å²) < 4.78 is 28.1. The maximum Gasteiger partial charge on any atom is 0.254 e. The number of hydrogen-bond acceptors (Lipinski definition) is 3. The van der Waals surface area contributed by atoms with Crippen LogP contribution in [0.4, 0.5) is 0 Å². The molecule has 2 aromatic rings. The molecule has 156 valence electrons. The van der Waals surface area contributed by atoms with Gasteiger partial charge in [0.15, 0.2) is 0 Å². The maximum absolute atomic E-state index is 13.1. The molecule has 3 rings (SSSR count). The van der Waals surface area contributed by atoms with Crippen LogP contribution in [0.15, 0.2) is 53.4 Å². The number of benzene rings is 2. The minimum absolute atomic E-state index is 0.109. The van der Waals surface area contributed by atoms with Crippen LogP contribution in [-0.2, 0) is 16.6 Å². The Hall–Kier alpha value is -2.18. The molecule has 6 heteroatoms. The molecular formula is C23H30N2O3S. The highest BCUT2D eigenvalue weighted by Crippen LogP contribution is 2.28. The van der Waals surface area contributed by atoms with Gasteiger partial charge in [-0.2, -0.15) is 0 Å². The van der Waals surface area contributed by atoms with E-state index in [0.29, 0.717) is 11.5 Å². The Bertz CT molecular complexity index is 949. The van der Waals surface area contributed by atoms with Crippen LogP contribution in [0.1, 0.15) is 54.1 Å². The highest BCUT2D eigenvalue weighted by molar-refractivity contribution is 7.89. The number of carbonyl (C=O) groups is 1. The lowest BCUT2D eigenvalue weighted by molar-refractivity contribution is 0.0678. The van der Waals surface area contributed by atoms with Gasteiger partial charge in [-0.05, 0) is 61.8 Å². The summed E-state index contributed by atoms with van der Waals surface area (Å²) in [6.45, 7) is 4.30. The number of rotatable bonds is 6. The summed E-state index contributed by atoms with van der Waals surface area (Å²) in [5.74, 6) is 0.600. The van der Waals surface area contributed by atoms with Crippen LogP contribution < -0.4 is 4.72 Å². The molecule has 0 aromatic heterocycles. The minimum Gasteiger partial charge on any atom is -0.339 e. The molecule has 0 heterocycles. The van der Waals surface area contributed by atoms with E-state index in [0.717, 1.165) is 36.8 Å².